The summed E-state index contributed by atoms with van der Waals surface area (Å²) in [6, 6.07) is 11.9. The van der Waals surface area contributed by atoms with Gasteiger partial charge in [-0.05, 0) is 43.5 Å². The van der Waals surface area contributed by atoms with E-state index in [1.807, 2.05) is 24.4 Å². The van der Waals surface area contributed by atoms with E-state index >= 15 is 0 Å². The summed E-state index contributed by atoms with van der Waals surface area (Å²) in [5, 5.41) is 0. The number of hydrogen-bond acceptors (Lipinski definition) is 2. The molecule has 0 spiro atoms. The van der Waals surface area contributed by atoms with Gasteiger partial charge in [0.25, 0.3) is 5.56 Å². The lowest BCUT2D eigenvalue weighted by atomic mass is 10.1. The molecule has 0 amide bonds. The topological polar surface area (TPSA) is 48.0 Å². The number of unbranched alkanes of at least 4 members (excludes halogenated alkanes) is 1. The summed E-state index contributed by atoms with van der Waals surface area (Å²) < 4.78 is 1.73. The van der Waals surface area contributed by atoms with Crippen LogP contribution >= 0.6 is 0 Å². The van der Waals surface area contributed by atoms with Crippen molar-refractivity contribution in [2.45, 2.75) is 26.3 Å². The van der Waals surface area contributed by atoms with Crippen LogP contribution in [0.4, 0.5) is 0 Å². The molecule has 2 N–H and O–H groups in total. The highest BCUT2D eigenvalue weighted by Crippen LogP contribution is 2.08. The molecule has 2 aromatic rings. The van der Waals surface area contributed by atoms with Crippen molar-refractivity contribution in [2.75, 3.05) is 6.54 Å². The standard InChI is InChI=1S/C18H22N2O/c1-15-4-6-16(7-5-15)8-9-17-10-13-20(18(21)14-17)12-3-2-11-19/h4-10,13-14H,2-3,11-12,19H2,1H3/b9-8+. The number of benzene rings is 1. The molecule has 0 saturated heterocycles. The fourth-order valence-corrected chi connectivity index (χ4v) is 2.11. The smallest absolute Gasteiger partial charge is 0.251 e. The lowest BCUT2D eigenvalue weighted by Crippen LogP contribution is -2.19. The van der Waals surface area contributed by atoms with Crippen molar-refractivity contribution < 1.29 is 0 Å². The summed E-state index contributed by atoms with van der Waals surface area (Å²) in [5.41, 5.74) is 8.80. The largest absolute Gasteiger partial charge is 0.330 e. The van der Waals surface area contributed by atoms with Crippen molar-refractivity contribution in [3.63, 3.8) is 0 Å². The molecule has 110 valence electrons. The molecule has 0 fully saturated rings. The van der Waals surface area contributed by atoms with Crippen LogP contribution in [-0.2, 0) is 6.54 Å². The van der Waals surface area contributed by atoms with Crippen LogP contribution in [-0.4, -0.2) is 11.1 Å². The Morgan fingerprint density at radius 1 is 1.05 bits per heavy atom. The van der Waals surface area contributed by atoms with Gasteiger partial charge in [-0.2, -0.15) is 0 Å². The van der Waals surface area contributed by atoms with Crippen LogP contribution in [0.5, 0.6) is 0 Å². The molecule has 21 heavy (non-hydrogen) atoms. The molecule has 0 unspecified atom stereocenters. The monoisotopic (exact) mass is 282 g/mol. The quantitative estimate of drug-likeness (QED) is 0.828. The minimum Gasteiger partial charge on any atom is -0.330 e. The molecule has 0 radical (unpaired) electrons. The molecular formula is C18H22N2O. The van der Waals surface area contributed by atoms with E-state index in [0.29, 0.717) is 6.54 Å². The zero-order valence-corrected chi connectivity index (χ0v) is 12.5. The Morgan fingerprint density at radius 2 is 1.76 bits per heavy atom. The third-order valence-electron chi connectivity index (χ3n) is 3.42. The van der Waals surface area contributed by atoms with Crippen LogP contribution in [0.15, 0.2) is 47.4 Å². The van der Waals surface area contributed by atoms with E-state index in [-0.39, 0.29) is 5.56 Å². The van der Waals surface area contributed by atoms with Crippen molar-refractivity contribution in [3.8, 4) is 0 Å². The Labute approximate surface area is 125 Å². The van der Waals surface area contributed by atoms with Crippen molar-refractivity contribution in [1.82, 2.24) is 4.57 Å². The van der Waals surface area contributed by atoms with E-state index < -0.39 is 0 Å². The third kappa shape index (κ3) is 4.72. The lowest BCUT2D eigenvalue weighted by molar-refractivity contribution is 0.598. The van der Waals surface area contributed by atoms with Crippen LogP contribution in [0.25, 0.3) is 12.2 Å². The van der Waals surface area contributed by atoms with E-state index in [1.165, 1.54) is 5.56 Å². The minimum atomic E-state index is 0.0399. The van der Waals surface area contributed by atoms with Gasteiger partial charge in [0.1, 0.15) is 0 Å². The fraction of sp³-hybridized carbons (Fsp3) is 0.278. The van der Waals surface area contributed by atoms with Crippen molar-refractivity contribution >= 4 is 12.2 Å². The van der Waals surface area contributed by atoms with Gasteiger partial charge in [0, 0.05) is 18.8 Å². The Kier molecular flexibility index (Phi) is 5.52. The predicted octanol–water partition coefficient (Wildman–Crippen LogP) is 3.07. The first-order valence-corrected chi connectivity index (χ1v) is 7.34. The number of hydrogen-bond donors (Lipinski definition) is 1. The first-order valence-electron chi connectivity index (χ1n) is 7.34. The van der Waals surface area contributed by atoms with Crippen LogP contribution in [0, 0.1) is 6.92 Å². The van der Waals surface area contributed by atoms with Crippen LogP contribution in [0.2, 0.25) is 0 Å². The molecule has 0 aliphatic heterocycles. The molecule has 1 aromatic heterocycles. The molecule has 2 rings (SSSR count). The highest BCUT2D eigenvalue weighted by molar-refractivity contribution is 5.69. The Morgan fingerprint density at radius 3 is 2.43 bits per heavy atom. The summed E-state index contributed by atoms with van der Waals surface area (Å²) in [4.78, 5) is 12.0. The van der Waals surface area contributed by atoms with E-state index in [0.717, 1.165) is 30.5 Å². The summed E-state index contributed by atoms with van der Waals surface area (Å²) in [5.74, 6) is 0. The molecule has 1 aromatic carbocycles. The predicted molar refractivity (Wildman–Crippen MR) is 89.1 cm³/mol. The average Bonchev–Trinajstić information content (AvgIpc) is 2.49. The molecule has 3 nitrogen and oxygen atoms in total. The van der Waals surface area contributed by atoms with Gasteiger partial charge in [0.05, 0.1) is 0 Å². The molecule has 3 heteroatoms. The Bertz CT molecular complexity index is 654. The zero-order chi connectivity index (χ0) is 15.1. The van der Waals surface area contributed by atoms with Crippen molar-refractivity contribution in [3.05, 3.63) is 69.6 Å². The highest BCUT2D eigenvalue weighted by Gasteiger charge is 1.97. The maximum atomic E-state index is 12.0. The van der Waals surface area contributed by atoms with Crippen LogP contribution < -0.4 is 11.3 Å². The van der Waals surface area contributed by atoms with Crippen molar-refractivity contribution in [2.24, 2.45) is 5.73 Å². The van der Waals surface area contributed by atoms with Gasteiger partial charge >= 0.3 is 0 Å². The normalized spacial score (nSPS) is 11.1. The van der Waals surface area contributed by atoms with E-state index in [1.54, 1.807) is 10.6 Å². The van der Waals surface area contributed by atoms with Crippen LogP contribution in [0.3, 0.4) is 0 Å². The molecule has 0 saturated carbocycles. The van der Waals surface area contributed by atoms with Crippen molar-refractivity contribution in [1.29, 1.82) is 0 Å². The third-order valence-corrected chi connectivity index (χ3v) is 3.42. The second-order valence-electron chi connectivity index (χ2n) is 5.23. The molecule has 0 aliphatic carbocycles. The average molecular weight is 282 g/mol. The first-order chi connectivity index (χ1) is 10.2. The summed E-state index contributed by atoms with van der Waals surface area (Å²) in [6.07, 6.45) is 7.73. The maximum absolute atomic E-state index is 12.0. The zero-order valence-electron chi connectivity index (χ0n) is 12.5. The maximum Gasteiger partial charge on any atom is 0.251 e. The van der Waals surface area contributed by atoms with E-state index in [2.05, 4.69) is 31.2 Å². The van der Waals surface area contributed by atoms with Gasteiger partial charge < -0.3 is 10.3 Å². The van der Waals surface area contributed by atoms with E-state index in [9.17, 15) is 4.79 Å². The second-order valence-corrected chi connectivity index (χ2v) is 5.23. The first kappa shape index (κ1) is 15.3. The molecule has 0 aliphatic rings. The minimum absolute atomic E-state index is 0.0399. The molecule has 0 atom stereocenters. The second kappa shape index (κ2) is 7.60. The van der Waals surface area contributed by atoms with Gasteiger partial charge in [-0.25, -0.2) is 0 Å². The number of nitrogens with two attached hydrogens (primary N) is 1. The Balaban J connectivity index is 2.06. The number of aryl methyl sites for hydroxylation is 2. The van der Waals surface area contributed by atoms with Gasteiger partial charge in [-0.3, -0.25) is 4.79 Å². The van der Waals surface area contributed by atoms with Gasteiger partial charge in [-0.15, -0.1) is 0 Å². The number of rotatable bonds is 6. The SMILES string of the molecule is Cc1ccc(/C=C/c2ccn(CCCCN)c(=O)c2)cc1. The number of nitrogens with zero attached hydrogens (tertiary/aromatic N) is 1. The fourth-order valence-electron chi connectivity index (χ4n) is 2.11. The van der Waals surface area contributed by atoms with Crippen LogP contribution in [0.1, 0.15) is 29.5 Å². The van der Waals surface area contributed by atoms with E-state index in [4.69, 9.17) is 5.73 Å². The number of pyridine rings is 1. The summed E-state index contributed by atoms with van der Waals surface area (Å²) >= 11 is 0. The highest BCUT2D eigenvalue weighted by atomic mass is 16.1. The summed E-state index contributed by atoms with van der Waals surface area (Å²) in [7, 11) is 0. The van der Waals surface area contributed by atoms with Gasteiger partial charge in [0.2, 0.25) is 0 Å². The van der Waals surface area contributed by atoms with Gasteiger partial charge in [0.15, 0.2) is 0 Å². The lowest BCUT2D eigenvalue weighted by Gasteiger charge is -2.05. The molecule has 0 bridgehead atoms. The molecule has 1 heterocycles. The Hall–Kier alpha value is -2.13. The summed E-state index contributed by atoms with van der Waals surface area (Å²) in [6.45, 7) is 3.47. The number of aromatic nitrogens is 1. The van der Waals surface area contributed by atoms with Gasteiger partial charge in [-0.1, -0.05) is 42.0 Å². The molecular weight excluding hydrogens is 260 g/mol.